The minimum absolute atomic E-state index is 0.157. The first kappa shape index (κ1) is 16.1. The van der Waals surface area contributed by atoms with Gasteiger partial charge in [-0.05, 0) is 31.0 Å². The van der Waals surface area contributed by atoms with Crippen LogP contribution >= 0.6 is 34.8 Å². The van der Waals surface area contributed by atoms with Gasteiger partial charge in [0, 0.05) is 21.9 Å². The second kappa shape index (κ2) is 6.69. The van der Waals surface area contributed by atoms with Gasteiger partial charge in [0.15, 0.2) is 0 Å². The lowest BCUT2D eigenvalue weighted by atomic mass is 9.82. The number of carboxylic acids is 1. The number of halogens is 3. The predicted octanol–water partition coefficient (Wildman–Crippen LogP) is 2.83. The summed E-state index contributed by atoms with van der Waals surface area (Å²) in [6.07, 6.45) is 1.92. The van der Waals surface area contributed by atoms with Gasteiger partial charge < -0.3 is 15.2 Å². The van der Waals surface area contributed by atoms with E-state index in [0.29, 0.717) is 20.8 Å². The molecule has 21 heavy (non-hydrogen) atoms. The number of rotatable bonds is 3. The van der Waals surface area contributed by atoms with E-state index in [9.17, 15) is 14.7 Å². The average molecular weight is 348 g/mol. The molecule has 0 bridgehead atoms. The van der Waals surface area contributed by atoms with E-state index in [1.165, 1.54) is 6.07 Å². The molecule has 0 radical (unpaired) electrons. The van der Waals surface area contributed by atoms with Crippen molar-refractivity contribution in [3.8, 4) is 0 Å². The summed E-state index contributed by atoms with van der Waals surface area (Å²) in [6, 6.07) is 4.63. The lowest BCUT2D eigenvalue weighted by molar-refractivity contribution is -0.313. The normalized spacial score (nSPS) is 21.6. The molecule has 1 aliphatic rings. The highest BCUT2D eigenvalue weighted by atomic mass is 35.5. The van der Waals surface area contributed by atoms with Crippen LogP contribution in [0.15, 0.2) is 29.3 Å². The Bertz CT molecular complexity index is 615. The molecule has 0 aromatic heterocycles. The topological polar surface area (TPSA) is 69.2 Å². The molecule has 0 spiro atoms. The van der Waals surface area contributed by atoms with Crippen LogP contribution in [0.4, 0.5) is 5.69 Å². The molecule has 0 saturated carbocycles. The van der Waals surface area contributed by atoms with Crippen LogP contribution < -0.4 is 10.4 Å². The molecule has 2 atom stereocenters. The van der Waals surface area contributed by atoms with Crippen LogP contribution in [0.5, 0.6) is 0 Å². The Kier molecular flexibility index (Phi) is 5.14. The number of nitrogens with one attached hydrogen (secondary N) is 1. The summed E-state index contributed by atoms with van der Waals surface area (Å²) in [5, 5.41) is 14.9. The zero-order valence-electron chi connectivity index (χ0n) is 10.7. The van der Waals surface area contributed by atoms with Gasteiger partial charge in [0.05, 0.1) is 16.6 Å². The zero-order chi connectivity index (χ0) is 15.6. The summed E-state index contributed by atoms with van der Waals surface area (Å²) in [5.41, 5.74) is 0.331. The molecule has 112 valence electrons. The highest BCUT2D eigenvalue weighted by Gasteiger charge is 2.32. The Morgan fingerprint density at radius 3 is 2.57 bits per heavy atom. The van der Waals surface area contributed by atoms with Gasteiger partial charge in [0.1, 0.15) is 0 Å². The van der Waals surface area contributed by atoms with Gasteiger partial charge in [0.25, 0.3) is 0 Å². The van der Waals surface area contributed by atoms with E-state index in [1.54, 1.807) is 18.2 Å². The van der Waals surface area contributed by atoms with Crippen molar-refractivity contribution in [2.75, 3.05) is 5.32 Å². The van der Waals surface area contributed by atoms with E-state index in [4.69, 9.17) is 34.8 Å². The molecule has 4 nitrogen and oxygen atoms in total. The van der Waals surface area contributed by atoms with Crippen LogP contribution in [0.3, 0.4) is 0 Å². The van der Waals surface area contributed by atoms with E-state index in [0.717, 1.165) is 0 Å². The van der Waals surface area contributed by atoms with E-state index in [1.807, 2.05) is 0 Å². The molecule has 1 amide bonds. The largest absolute Gasteiger partial charge is 0.550 e. The maximum atomic E-state index is 12.3. The molecule has 1 aliphatic carbocycles. The van der Waals surface area contributed by atoms with Crippen molar-refractivity contribution < 1.29 is 14.7 Å². The van der Waals surface area contributed by atoms with E-state index in [-0.39, 0.29) is 12.8 Å². The molecule has 1 N–H and O–H groups in total. The minimum atomic E-state index is -1.27. The molecule has 0 unspecified atom stereocenters. The fourth-order valence-corrected chi connectivity index (χ4v) is 2.80. The van der Waals surface area contributed by atoms with Crippen molar-refractivity contribution in [1.82, 2.24) is 0 Å². The van der Waals surface area contributed by atoms with Gasteiger partial charge in [0.2, 0.25) is 5.91 Å². The van der Waals surface area contributed by atoms with Crippen molar-refractivity contribution in [1.29, 1.82) is 0 Å². The Morgan fingerprint density at radius 1 is 1.19 bits per heavy atom. The summed E-state index contributed by atoms with van der Waals surface area (Å²) in [4.78, 5) is 23.4. The summed E-state index contributed by atoms with van der Waals surface area (Å²) >= 11 is 17.7. The molecule has 0 aliphatic heterocycles. The average Bonchev–Trinajstić information content (AvgIpc) is 2.42. The number of carbonyl (C=O) groups excluding carboxylic acids is 2. The van der Waals surface area contributed by atoms with Gasteiger partial charge in [-0.2, -0.15) is 0 Å². The number of carbonyl (C=O) groups is 2. The number of benzene rings is 1. The molecule has 0 heterocycles. The lowest BCUT2D eigenvalue weighted by Gasteiger charge is -2.29. The molecular formula is C14H11Cl3NO3-. The third kappa shape index (κ3) is 3.90. The van der Waals surface area contributed by atoms with Gasteiger partial charge >= 0.3 is 0 Å². The molecule has 2 rings (SSSR count). The fourth-order valence-electron chi connectivity index (χ4n) is 2.21. The summed E-state index contributed by atoms with van der Waals surface area (Å²) in [6.45, 7) is 0. The standard InChI is InChI=1S/C14H12Cl3NO3/c15-7-1-3-9(14(20)21)10(5-7)13(19)18-12-6-8(16)2-4-11(12)17/h1-2,4,6,9-10H,3,5H2,(H,18,19)(H,20,21)/p-1/t9-,10-/m0/s1. The number of aliphatic carboxylic acids is 1. The summed E-state index contributed by atoms with van der Waals surface area (Å²) < 4.78 is 0. The fraction of sp³-hybridized carbons (Fsp3) is 0.286. The number of anilines is 1. The molecule has 1 aromatic carbocycles. The van der Waals surface area contributed by atoms with Crippen molar-refractivity contribution in [2.24, 2.45) is 11.8 Å². The number of carboxylic acid groups (broad SMARTS) is 1. The number of hydrogen-bond acceptors (Lipinski definition) is 3. The van der Waals surface area contributed by atoms with Crippen LogP contribution in [0.1, 0.15) is 12.8 Å². The maximum absolute atomic E-state index is 12.3. The van der Waals surface area contributed by atoms with Crippen LogP contribution in [0.25, 0.3) is 0 Å². The maximum Gasteiger partial charge on any atom is 0.228 e. The van der Waals surface area contributed by atoms with E-state index < -0.39 is 23.7 Å². The van der Waals surface area contributed by atoms with Crippen molar-refractivity contribution in [3.05, 3.63) is 39.4 Å². The molecule has 7 heteroatoms. The van der Waals surface area contributed by atoms with Crippen LogP contribution in [-0.2, 0) is 9.59 Å². The SMILES string of the molecule is O=C([O-])[C@H]1CC=C(Cl)C[C@@H]1C(=O)Nc1cc(Cl)ccc1Cl. The van der Waals surface area contributed by atoms with E-state index in [2.05, 4.69) is 5.32 Å². The first-order valence-electron chi connectivity index (χ1n) is 6.20. The summed E-state index contributed by atoms with van der Waals surface area (Å²) in [7, 11) is 0. The molecule has 0 saturated heterocycles. The van der Waals surface area contributed by atoms with Crippen LogP contribution in [-0.4, -0.2) is 11.9 Å². The molecule has 0 fully saturated rings. The molecular weight excluding hydrogens is 337 g/mol. The Labute approximate surface area is 136 Å². The molecule has 1 aromatic rings. The third-order valence-electron chi connectivity index (χ3n) is 3.32. The lowest BCUT2D eigenvalue weighted by Crippen LogP contribution is -2.42. The van der Waals surface area contributed by atoms with Gasteiger partial charge in [-0.15, -0.1) is 0 Å². The zero-order valence-corrected chi connectivity index (χ0v) is 13.0. The second-order valence-electron chi connectivity index (χ2n) is 4.74. The Hall–Kier alpha value is -1.23. The van der Waals surface area contributed by atoms with Gasteiger partial charge in [-0.3, -0.25) is 4.79 Å². The van der Waals surface area contributed by atoms with Crippen molar-refractivity contribution in [3.63, 3.8) is 0 Å². The Balaban J connectivity index is 2.20. The van der Waals surface area contributed by atoms with Gasteiger partial charge in [-0.25, -0.2) is 0 Å². The highest BCUT2D eigenvalue weighted by Crippen LogP contribution is 2.33. The van der Waals surface area contributed by atoms with Crippen molar-refractivity contribution >= 4 is 52.4 Å². The Morgan fingerprint density at radius 2 is 1.90 bits per heavy atom. The van der Waals surface area contributed by atoms with E-state index >= 15 is 0 Å². The summed E-state index contributed by atoms with van der Waals surface area (Å²) in [5.74, 6) is -3.46. The first-order chi connectivity index (χ1) is 9.88. The minimum Gasteiger partial charge on any atom is -0.550 e. The smallest absolute Gasteiger partial charge is 0.228 e. The van der Waals surface area contributed by atoms with Gasteiger partial charge in [-0.1, -0.05) is 40.9 Å². The number of amides is 1. The number of hydrogen-bond donors (Lipinski definition) is 1. The van der Waals surface area contributed by atoms with Crippen LogP contribution in [0.2, 0.25) is 10.0 Å². The highest BCUT2D eigenvalue weighted by molar-refractivity contribution is 6.35. The van der Waals surface area contributed by atoms with Crippen LogP contribution in [0, 0.1) is 11.8 Å². The van der Waals surface area contributed by atoms with Crippen molar-refractivity contribution in [2.45, 2.75) is 12.8 Å². The monoisotopic (exact) mass is 346 g/mol. The number of allylic oxidation sites excluding steroid dienone is 2. The third-order valence-corrected chi connectivity index (χ3v) is 4.19. The predicted molar refractivity (Wildman–Crippen MR) is 80.2 cm³/mol. The first-order valence-corrected chi connectivity index (χ1v) is 7.33. The second-order valence-corrected chi connectivity index (χ2v) is 6.07. The quantitative estimate of drug-likeness (QED) is 0.914.